The molecule has 2 heterocycles. The number of aromatic amines is 1. The van der Waals surface area contributed by atoms with Crippen molar-refractivity contribution in [2.45, 2.75) is 25.8 Å². The molecule has 0 radical (unpaired) electrons. The van der Waals surface area contributed by atoms with Crippen molar-refractivity contribution in [2.24, 2.45) is 5.92 Å². The molecule has 0 amide bonds. The normalized spacial score (nSPS) is 17.6. The van der Waals surface area contributed by atoms with E-state index in [-0.39, 0.29) is 5.69 Å². The fraction of sp³-hybridized carbons (Fsp3) is 0.500. The molecule has 1 saturated carbocycles. The Morgan fingerprint density at radius 2 is 2.44 bits per heavy atom. The van der Waals surface area contributed by atoms with E-state index in [9.17, 15) is 4.79 Å². The van der Waals surface area contributed by atoms with Crippen LogP contribution in [0.2, 0.25) is 0 Å². The summed E-state index contributed by atoms with van der Waals surface area (Å²) in [4.78, 5) is 15.4. The highest BCUT2D eigenvalue weighted by molar-refractivity contribution is 5.48. The summed E-state index contributed by atoms with van der Waals surface area (Å²) in [6.07, 6.45) is 4.07. The average molecular weight is 219 g/mol. The lowest BCUT2D eigenvalue weighted by molar-refractivity contribution is 0.690. The van der Waals surface area contributed by atoms with Crippen LogP contribution in [0.4, 0.5) is 5.82 Å². The third kappa shape index (κ3) is 1.56. The monoisotopic (exact) mass is 219 g/mol. The molecule has 2 aromatic rings. The van der Waals surface area contributed by atoms with Crippen LogP contribution in [-0.4, -0.2) is 25.6 Å². The number of aromatic nitrogens is 4. The zero-order valence-electron chi connectivity index (χ0n) is 8.97. The van der Waals surface area contributed by atoms with E-state index in [1.54, 1.807) is 6.07 Å². The molecule has 1 atom stereocenters. The van der Waals surface area contributed by atoms with E-state index in [2.05, 4.69) is 27.4 Å². The minimum Gasteiger partial charge on any atom is -0.367 e. The van der Waals surface area contributed by atoms with Gasteiger partial charge in [0.05, 0.1) is 0 Å². The summed E-state index contributed by atoms with van der Waals surface area (Å²) in [5, 5.41) is 9.60. The Labute approximate surface area is 91.7 Å². The van der Waals surface area contributed by atoms with Crippen molar-refractivity contribution >= 4 is 11.5 Å². The summed E-state index contributed by atoms with van der Waals surface area (Å²) in [6.45, 7) is 2.15. The maximum atomic E-state index is 11.2. The van der Waals surface area contributed by atoms with Crippen LogP contribution in [0.25, 0.3) is 5.65 Å². The molecule has 0 spiro atoms. The van der Waals surface area contributed by atoms with Crippen molar-refractivity contribution in [1.29, 1.82) is 0 Å². The van der Waals surface area contributed by atoms with Gasteiger partial charge in [-0.25, -0.2) is 19.3 Å². The van der Waals surface area contributed by atoms with Crippen LogP contribution in [0.1, 0.15) is 19.8 Å². The number of fused-ring (bicyclic) bond motifs is 1. The fourth-order valence-corrected chi connectivity index (χ4v) is 1.84. The highest BCUT2D eigenvalue weighted by Gasteiger charge is 2.27. The van der Waals surface area contributed by atoms with Crippen molar-refractivity contribution in [1.82, 2.24) is 19.6 Å². The van der Waals surface area contributed by atoms with Crippen LogP contribution >= 0.6 is 0 Å². The Morgan fingerprint density at radius 3 is 3.19 bits per heavy atom. The first-order valence-electron chi connectivity index (χ1n) is 5.43. The van der Waals surface area contributed by atoms with Gasteiger partial charge in [0.1, 0.15) is 12.1 Å². The Balaban J connectivity index is 1.89. The Kier molecular flexibility index (Phi) is 1.95. The number of nitrogens with one attached hydrogen (secondary N) is 2. The van der Waals surface area contributed by atoms with Gasteiger partial charge in [0, 0.05) is 12.1 Å². The standard InChI is InChI=1S/C10H13N5O/c1-6(7-2-3-7)12-8-4-9-13-14-10(16)15(9)5-11-8/h4-7,12H,2-3H2,1H3,(H,14,16). The summed E-state index contributed by atoms with van der Waals surface area (Å²) >= 11 is 0. The van der Waals surface area contributed by atoms with Crippen LogP contribution in [-0.2, 0) is 0 Å². The van der Waals surface area contributed by atoms with Gasteiger partial charge in [-0.05, 0) is 25.7 Å². The molecule has 0 aliphatic heterocycles. The highest BCUT2D eigenvalue weighted by atomic mass is 16.1. The lowest BCUT2D eigenvalue weighted by Gasteiger charge is -2.12. The zero-order valence-corrected chi connectivity index (χ0v) is 8.97. The van der Waals surface area contributed by atoms with Crippen LogP contribution in [0.15, 0.2) is 17.2 Å². The van der Waals surface area contributed by atoms with Gasteiger partial charge >= 0.3 is 5.69 Å². The number of hydrogen-bond acceptors (Lipinski definition) is 4. The van der Waals surface area contributed by atoms with Crippen LogP contribution in [0.5, 0.6) is 0 Å². The van der Waals surface area contributed by atoms with Crippen LogP contribution in [0.3, 0.4) is 0 Å². The number of rotatable bonds is 3. The first-order chi connectivity index (χ1) is 7.74. The van der Waals surface area contributed by atoms with Gasteiger partial charge in [0.2, 0.25) is 0 Å². The predicted molar refractivity (Wildman–Crippen MR) is 59.4 cm³/mol. The lowest BCUT2D eigenvalue weighted by atomic mass is 10.2. The minimum absolute atomic E-state index is 0.260. The average Bonchev–Trinajstić information content (AvgIpc) is 3.05. The molecule has 0 bridgehead atoms. The molecule has 3 rings (SSSR count). The van der Waals surface area contributed by atoms with E-state index < -0.39 is 0 Å². The van der Waals surface area contributed by atoms with E-state index in [1.165, 1.54) is 23.6 Å². The predicted octanol–water partition coefficient (Wildman–Crippen LogP) is 0.628. The van der Waals surface area contributed by atoms with Gasteiger partial charge in [0.25, 0.3) is 0 Å². The number of anilines is 1. The summed E-state index contributed by atoms with van der Waals surface area (Å²) in [5.74, 6) is 1.53. The summed E-state index contributed by atoms with van der Waals surface area (Å²) in [7, 11) is 0. The third-order valence-corrected chi connectivity index (χ3v) is 3.01. The number of nitrogens with zero attached hydrogens (tertiary/aromatic N) is 3. The molecule has 1 aliphatic rings. The summed E-state index contributed by atoms with van der Waals surface area (Å²) in [5.41, 5.74) is 0.329. The van der Waals surface area contributed by atoms with Gasteiger partial charge in [-0.15, -0.1) is 0 Å². The smallest absolute Gasteiger partial charge is 0.348 e. The molecule has 1 aliphatic carbocycles. The Hall–Kier alpha value is -1.85. The van der Waals surface area contributed by atoms with Crippen LogP contribution < -0.4 is 11.0 Å². The van der Waals surface area contributed by atoms with E-state index in [0.29, 0.717) is 11.7 Å². The van der Waals surface area contributed by atoms with Gasteiger partial charge in [-0.3, -0.25) is 0 Å². The van der Waals surface area contributed by atoms with Gasteiger partial charge in [-0.2, -0.15) is 5.10 Å². The zero-order chi connectivity index (χ0) is 11.1. The maximum Gasteiger partial charge on any atom is 0.348 e. The SMILES string of the molecule is CC(Nc1cc2n[nH]c(=O)n2cn1)C1CC1. The molecule has 6 heteroatoms. The quantitative estimate of drug-likeness (QED) is 0.793. The fourth-order valence-electron chi connectivity index (χ4n) is 1.84. The van der Waals surface area contributed by atoms with Gasteiger partial charge in [-0.1, -0.05) is 0 Å². The molecule has 6 nitrogen and oxygen atoms in total. The Bertz CT molecular complexity index is 568. The van der Waals surface area contributed by atoms with Crippen molar-refractivity contribution in [2.75, 3.05) is 5.32 Å². The molecule has 84 valence electrons. The van der Waals surface area contributed by atoms with Crippen molar-refractivity contribution in [3.8, 4) is 0 Å². The van der Waals surface area contributed by atoms with Gasteiger partial charge in [0.15, 0.2) is 5.65 Å². The topological polar surface area (TPSA) is 75.1 Å². The molecular formula is C10H13N5O. The number of hydrogen-bond donors (Lipinski definition) is 2. The molecular weight excluding hydrogens is 206 g/mol. The van der Waals surface area contributed by atoms with Crippen molar-refractivity contribution < 1.29 is 0 Å². The second-order valence-electron chi connectivity index (χ2n) is 4.30. The lowest BCUT2D eigenvalue weighted by Crippen LogP contribution is -2.18. The molecule has 2 N–H and O–H groups in total. The highest BCUT2D eigenvalue weighted by Crippen LogP contribution is 2.33. The number of H-pyrrole nitrogens is 1. The molecule has 1 fully saturated rings. The first kappa shape index (κ1) is 9.38. The van der Waals surface area contributed by atoms with Crippen LogP contribution in [0, 0.1) is 5.92 Å². The van der Waals surface area contributed by atoms with Crippen molar-refractivity contribution in [3.63, 3.8) is 0 Å². The summed E-state index contributed by atoms with van der Waals surface area (Å²) in [6, 6.07) is 2.21. The van der Waals surface area contributed by atoms with E-state index in [0.717, 1.165) is 11.7 Å². The van der Waals surface area contributed by atoms with E-state index in [1.807, 2.05) is 0 Å². The maximum absolute atomic E-state index is 11.2. The molecule has 0 saturated heterocycles. The second-order valence-corrected chi connectivity index (χ2v) is 4.30. The molecule has 2 aromatic heterocycles. The molecule has 1 unspecified atom stereocenters. The van der Waals surface area contributed by atoms with E-state index >= 15 is 0 Å². The van der Waals surface area contributed by atoms with Crippen molar-refractivity contribution in [3.05, 3.63) is 22.9 Å². The Morgan fingerprint density at radius 1 is 1.62 bits per heavy atom. The molecule has 16 heavy (non-hydrogen) atoms. The van der Waals surface area contributed by atoms with Gasteiger partial charge < -0.3 is 5.32 Å². The minimum atomic E-state index is -0.260. The largest absolute Gasteiger partial charge is 0.367 e. The molecule has 0 aromatic carbocycles. The summed E-state index contributed by atoms with van der Waals surface area (Å²) < 4.78 is 1.38. The second kappa shape index (κ2) is 3.33. The first-order valence-corrected chi connectivity index (χ1v) is 5.43. The van der Waals surface area contributed by atoms with E-state index in [4.69, 9.17) is 0 Å². The third-order valence-electron chi connectivity index (χ3n) is 3.01.